The monoisotopic (exact) mass is 302 g/mol. The van der Waals surface area contributed by atoms with Gasteiger partial charge < -0.3 is 4.74 Å². The van der Waals surface area contributed by atoms with Crippen molar-refractivity contribution in [2.45, 2.75) is 32.6 Å². The molecule has 110 valence electrons. The van der Waals surface area contributed by atoms with E-state index in [0.29, 0.717) is 29.5 Å². The van der Waals surface area contributed by atoms with Gasteiger partial charge in [0.1, 0.15) is 5.75 Å². The fraction of sp³-hybridized carbons (Fsp3) is 0.278. The Morgan fingerprint density at radius 2 is 1.90 bits per heavy atom. The Hall–Kier alpha value is -1.80. The molecule has 0 N–H and O–H groups in total. The van der Waals surface area contributed by atoms with Crippen LogP contribution in [0.2, 0.25) is 5.02 Å². The lowest BCUT2D eigenvalue weighted by atomic mass is 10.0. The zero-order chi connectivity index (χ0) is 15.2. The number of halogens is 1. The van der Waals surface area contributed by atoms with Crippen LogP contribution < -0.4 is 4.74 Å². The van der Waals surface area contributed by atoms with Gasteiger partial charge in [0.05, 0.1) is 0 Å². The third-order valence-electron chi connectivity index (χ3n) is 3.27. The number of ether oxygens (including phenoxy) is 1. The van der Waals surface area contributed by atoms with Crippen molar-refractivity contribution in [3.8, 4) is 5.75 Å². The summed E-state index contributed by atoms with van der Waals surface area (Å²) < 4.78 is 5.49. The first-order chi connectivity index (χ1) is 10.1. The van der Waals surface area contributed by atoms with Gasteiger partial charge in [0, 0.05) is 11.4 Å². The van der Waals surface area contributed by atoms with Crippen molar-refractivity contribution in [3.05, 3.63) is 64.7 Å². The molecule has 0 aliphatic carbocycles. The van der Waals surface area contributed by atoms with E-state index < -0.39 is 0 Å². The van der Waals surface area contributed by atoms with E-state index in [9.17, 15) is 4.79 Å². The van der Waals surface area contributed by atoms with Gasteiger partial charge in [-0.3, -0.25) is 4.79 Å². The van der Waals surface area contributed by atoms with Crippen LogP contribution in [-0.2, 0) is 11.2 Å². The first-order valence-corrected chi connectivity index (χ1v) is 7.48. The molecule has 0 saturated carbocycles. The van der Waals surface area contributed by atoms with Gasteiger partial charge in [0.2, 0.25) is 0 Å². The predicted molar refractivity (Wildman–Crippen MR) is 85.9 cm³/mol. The molecule has 0 amide bonds. The van der Waals surface area contributed by atoms with E-state index in [0.717, 1.165) is 11.1 Å². The molecule has 0 radical (unpaired) electrons. The lowest BCUT2D eigenvalue weighted by Gasteiger charge is -2.12. The second-order valence-electron chi connectivity index (χ2n) is 5.30. The van der Waals surface area contributed by atoms with E-state index in [1.165, 1.54) is 0 Å². The molecule has 2 nitrogen and oxygen atoms in total. The quantitative estimate of drug-likeness (QED) is 0.574. The van der Waals surface area contributed by atoms with Crippen molar-refractivity contribution in [2.24, 2.45) is 0 Å². The van der Waals surface area contributed by atoms with Crippen LogP contribution in [0.25, 0.3) is 0 Å². The van der Waals surface area contributed by atoms with E-state index in [-0.39, 0.29) is 5.97 Å². The predicted octanol–water partition coefficient (Wildman–Crippen LogP) is 5.00. The molecule has 0 bridgehead atoms. The van der Waals surface area contributed by atoms with Gasteiger partial charge in [-0.25, -0.2) is 0 Å². The maximum absolute atomic E-state index is 12.0. The average molecular weight is 303 g/mol. The molecule has 0 aromatic heterocycles. The molecule has 0 aliphatic rings. The van der Waals surface area contributed by atoms with E-state index in [1.807, 2.05) is 48.5 Å². The van der Waals surface area contributed by atoms with Crippen LogP contribution in [0.15, 0.2) is 48.5 Å². The van der Waals surface area contributed by atoms with Crippen LogP contribution in [0.5, 0.6) is 5.75 Å². The summed E-state index contributed by atoms with van der Waals surface area (Å²) in [5.74, 6) is 0.758. The molecule has 0 atom stereocenters. The Balaban J connectivity index is 1.96. The lowest BCUT2D eigenvalue weighted by molar-refractivity contribution is -0.134. The van der Waals surface area contributed by atoms with Crippen LogP contribution in [0.1, 0.15) is 37.3 Å². The van der Waals surface area contributed by atoms with Gasteiger partial charge in [0.25, 0.3) is 0 Å². The van der Waals surface area contributed by atoms with E-state index in [1.54, 1.807) is 0 Å². The summed E-state index contributed by atoms with van der Waals surface area (Å²) in [4.78, 5) is 12.0. The van der Waals surface area contributed by atoms with Crippen LogP contribution in [0.3, 0.4) is 0 Å². The summed E-state index contributed by atoms with van der Waals surface area (Å²) in [5, 5.41) is 0.686. The largest absolute Gasteiger partial charge is 0.426 e. The van der Waals surface area contributed by atoms with E-state index >= 15 is 0 Å². The third-order valence-corrected chi connectivity index (χ3v) is 3.51. The average Bonchev–Trinajstić information content (AvgIpc) is 2.45. The van der Waals surface area contributed by atoms with Gasteiger partial charge in [0.15, 0.2) is 0 Å². The summed E-state index contributed by atoms with van der Waals surface area (Å²) >= 11 is 5.93. The molecule has 2 rings (SSSR count). The molecule has 3 heteroatoms. The normalized spacial score (nSPS) is 10.7. The van der Waals surface area contributed by atoms with Crippen molar-refractivity contribution in [1.82, 2.24) is 0 Å². The summed E-state index contributed by atoms with van der Waals surface area (Å²) in [6.07, 6.45) is 0.968. The Morgan fingerprint density at radius 3 is 2.62 bits per heavy atom. The molecule has 21 heavy (non-hydrogen) atoms. The molecule has 0 aliphatic heterocycles. The van der Waals surface area contributed by atoms with Crippen LogP contribution in [0.4, 0.5) is 0 Å². The maximum Gasteiger partial charge on any atom is 0.311 e. The maximum atomic E-state index is 12.0. The summed E-state index contributed by atoms with van der Waals surface area (Å²) in [5.41, 5.74) is 2.09. The number of rotatable bonds is 5. The zero-order valence-electron chi connectivity index (χ0n) is 12.3. The van der Waals surface area contributed by atoms with E-state index in [4.69, 9.17) is 16.3 Å². The van der Waals surface area contributed by atoms with Gasteiger partial charge in [-0.2, -0.15) is 0 Å². The Labute approximate surface area is 130 Å². The first-order valence-electron chi connectivity index (χ1n) is 7.10. The Kier molecular flexibility index (Phi) is 5.40. The molecule has 0 fully saturated rings. The van der Waals surface area contributed by atoms with Gasteiger partial charge in [-0.05, 0) is 41.7 Å². The standard InChI is InChI=1S/C18H19ClO2/c1-13(2)16-8-3-4-9-17(16)21-18(20)11-10-14-6-5-7-15(19)12-14/h3-9,12-13H,10-11H2,1-2H3. The minimum absolute atomic E-state index is 0.219. The number of benzene rings is 2. The first kappa shape index (κ1) is 15.6. The fourth-order valence-corrected chi connectivity index (χ4v) is 2.38. The van der Waals surface area contributed by atoms with Crippen LogP contribution >= 0.6 is 11.6 Å². The number of aryl methyl sites for hydroxylation is 1. The number of hydrogen-bond acceptors (Lipinski definition) is 2. The smallest absolute Gasteiger partial charge is 0.311 e. The summed E-state index contributed by atoms with van der Waals surface area (Å²) in [6, 6.07) is 15.2. The second-order valence-corrected chi connectivity index (χ2v) is 5.73. The molecule has 0 heterocycles. The molecule has 2 aromatic rings. The molecular formula is C18H19ClO2. The number of hydrogen-bond donors (Lipinski definition) is 0. The summed E-state index contributed by atoms with van der Waals surface area (Å²) in [6.45, 7) is 4.16. The highest BCUT2D eigenvalue weighted by Gasteiger charge is 2.11. The molecule has 0 unspecified atom stereocenters. The number of esters is 1. The van der Waals surface area contributed by atoms with Crippen LogP contribution in [-0.4, -0.2) is 5.97 Å². The van der Waals surface area contributed by atoms with Gasteiger partial charge in [-0.15, -0.1) is 0 Å². The Morgan fingerprint density at radius 1 is 1.14 bits per heavy atom. The Bertz CT molecular complexity index is 620. The van der Waals surface area contributed by atoms with Crippen LogP contribution in [0, 0.1) is 0 Å². The van der Waals surface area contributed by atoms with Gasteiger partial charge in [-0.1, -0.05) is 55.8 Å². The molecule has 0 spiro atoms. The fourth-order valence-electron chi connectivity index (χ4n) is 2.16. The molecular weight excluding hydrogens is 284 g/mol. The molecule has 2 aromatic carbocycles. The topological polar surface area (TPSA) is 26.3 Å². The lowest BCUT2D eigenvalue weighted by Crippen LogP contribution is -2.10. The number of carbonyl (C=O) groups excluding carboxylic acids is 1. The van der Waals surface area contributed by atoms with Crippen molar-refractivity contribution in [1.29, 1.82) is 0 Å². The number of carbonyl (C=O) groups is 1. The summed E-state index contributed by atoms with van der Waals surface area (Å²) in [7, 11) is 0. The van der Waals surface area contributed by atoms with Gasteiger partial charge >= 0.3 is 5.97 Å². The highest BCUT2D eigenvalue weighted by Crippen LogP contribution is 2.26. The number of para-hydroxylation sites is 1. The zero-order valence-corrected chi connectivity index (χ0v) is 13.1. The SMILES string of the molecule is CC(C)c1ccccc1OC(=O)CCc1cccc(Cl)c1. The highest BCUT2D eigenvalue weighted by molar-refractivity contribution is 6.30. The van der Waals surface area contributed by atoms with Crippen molar-refractivity contribution < 1.29 is 9.53 Å². The minimum Gasteiger partial charge on any atom is -0.426 e. The van der Waals surface area contributed by atoms with E-state index in [2.05, 4.69) is 13.8 Å². The highest BCUT2D eigenvalue weighted by atomic mass is 35.5. The minimum atomic E-state index is -0.219. The molecule has 0 saturated heterocycles. The van der Waals surface area contributed by atoms with Crippen molar-refractivity contribution >= 4 is 17.6 Å². The van der Waals surface area contributed by atoms with Crippen molar-refractivity contribution in [2.75, 3.05) is 0 Å². The van der Waals surface area contributed by atoms with Crippen molar-refractivity contribution in [3.63, 3.8) is 0 Å². The second kappa shape index (κ2) is 7.28. The third kappa shape index (κ3) is 4.61.